The van der Waals surface area contributed by atoms with Crippen LogP contribution in [0.4, 0.5) is 8.78 Å². The number of nitrogens with zero attached hydrogens (tertiary/aromatic N) is 2. The van der Waals surface area contributed by atoms with Gasteiger partial charge in [-0.05, 0) is 48.9 Å². The Morgan fingerprint density at radius 2 is 2.03 bits per heavy atom. The van der Waals surface area contributed by atoms with Gasteiger partial charge in [-0.3, -0.25) is 5.10 Å². The molecular formula is C28H31F2N3O5. The molecule has 1 aliphatic rings. The third kappa shape index (κ3) is 3.85. The number of fused-ring (bicyclic) bond motifs is 2. The second-order valence-corrected chi connectivity index (χ2v) is 10.6. The first-order chi connectivity index (χ1) is 18.1. The Hall–Kier alpha value is -3.50. The van der Waals surface area contributed by atoms with Crippen molar-refractivity contribution in [1.82, 2.24) is 14.8 Å². The van der Waals surface area contributed by atoms with Crippen LogP contribution in [0.3, 0.4) is 0 Å². The lowest BCUT2D eigenvalue weighted by Gasteiger charge is -2.30. The molecule has 0 amide bonds. The van der Waals surface area contributed by atoms with Crippen LogP contribution in [0.15, 0.2) is 30.5 Å². The van der Waals surface area contributed by atoms with Gasteiger partial charge in [-0.25, -0.2) is 13.6 Å². The molecule has 1 aliphatic carbocycles. The minimum atomic E-state index is -1.37. The van der Waals surface area contributed by atoms with Crippen molar-refractivity contribution >= 4 is 27.8 Å². The molecule has 202 valence electrons. The number of halogens is 2. The van der Waals surface area contributed by atoms with Crippen LogP contribution in [0, 0.1) is 11.6 Å². The van der Waals surface area contributed by atoms with Gasteiger partial charge in [-0.2, -0.15) is 5.10 Å². The van der Waals surface area contributed by atoms with E-state index in [0.29, 0.717) is 47.0 Å². The highest BCUT2D eigenvalue weighted by molar-refractivity contribution is 6.00. The normalized spacial score (nSPS) is 20.0. The molecule has 0 radical (unpaired) electrons. The first-order valence-electron chi connectivity index (χ1n) is 12.4. The van der Waals surface area contributed by atoms with Crippen molar-refractivity contribution in [3.63, 3.8) is 0 Å². The third-order valence-electron chi connectivity index (χ3n) is 7.85. The van der Waals surface area contributed by atoms with Crippen LogP contribution in [0.5, 0.6) is 5.75 Å². The second-order valence-electron chi connectivity index (χ2n) is 10.6. The summed E-state index contributed by atoms with van der Waals surface area (Å²) in [5.74, 6) is -2.30. The lowest BCUT2D eigenvalue weighted by Crippen LogP contribution is -2.38. The Labute approximate surface area is 218 Å². The maximum Gasteiger partial charge on any atom is 0.335 e. The largest absolute Gasteiger partial charge is 0.494 e. The van der Waals surface area contributed by atoms with Crippen LogP contribution in [0.1, 0.15) is 50.3 Å². The van der Waals surface area contributed by atoms with Crippen molar-refractivity contribution in [2.75, 3.05) is 27.9 Å². The van der Waals surface area contributed by atoms with Crippen LogP contribution in [0.25, 0.3) is 27.5 Å². The molecule has 0 aliphatic heterocycles. The Morgan fingerprint density at radius 3 is 2.66 bits per heavy atom. The van der Waals surface area contributed by atoms with E-state index in [1.807, 2.05) is 24.5 Å². The molecule has 38 heavy (non-hydrogen) atoms. The number of hydrogen-bond donors (Lipinski definition) is 2. The Bertz CT molecular complexity index is 1540. The van der Waals surface area contributed by atoms with E-state index >= 15 is 4.39 Å². The van der Waals surface area contributed by atoms with E-state index < -0.39 is 28.6 Å². The molecule has 2 heterocycles. The standard InChI is InChI=1S/C28H31F2N3O5/c1-27(2,14-36-3)25-21(15-8-9-28(12-15,38-5)26(34)35)22-19(10-16-13-31-32-24(16)23(22)30)33(25)17-6-7-18(29)20(11-17)37-4/h6-7,10-11,13,15H,8-9,12,14H2,1-5H3,(H,31,32)(H,34,35)/t15?,28-/m0/s1. The van der Waals surface area contributed by atoms with Gasteiger partial charge < -0.3 is 23.9 Å². The molecule has 10 heteroatoms. The van der Waals surface area contributed by atoms with Crippen molar-refractivity contribution in [1.29, 1.82) is 0 Å². The van der Waals surface area contributed by atoms with E-state index in [-0.39, 0.29) is 23.6 Å². The molecule has 5 rings (SSSR count). The number of hydrogen-bond acceptors (Lipinski definition) is 5. The number of carboxylic acids is 1. The predicted molar refractivity (Wildman–Crippen MR) is 138 cm³/mol. The van der Waals surface area contributed by atoms with E-state index in [2.05, 4.69) is 10.2 Å². The van der Waals surface area contributed by atoms with Crippen molar-refractivity contribution in [2.24, 2.45) is 0 Å². The van der Waals surface area contributed by atoms with Gasteiger partial charge in [0, 0.05) is 47.9 Å². The summed E-state index contributed by atoms with van der Waals surface area (Å²) in [5, 5.41) is 17.7. The summed E-state index contributed by atoms with van der Waals surface area (Å²) in [7, 11) is 4.39. The molecule has 0 bridgehead atoms. The number of nitrogens with one attached hydrogen (secondary N) is 1. The molecule has 2 aromatic heterocycles. The minimum absolute atomic E-state index is 0.0522. The number of carbonyl (C=O) groups is 1. The molecular weight excluding hydrogens is 496 g/mol. The topological polar surface area (TPSA) is 98.6 Å². The maximum atomic E-state index is 16.4. The smallest absolute Gasteiger partial charge is 0.335 e. The number of aliphatic carboxylic acids is 1. The highest BCUT2D eigenvalue weighted by Crippen LogP contribution is 2.51. The summed E-state index contributed by atoms with van der Waals surface area (Å²) < 4.78 is 49.1. The van der Waals surface area contributed by atoms with Gasteiger partial charge in [0.1, 0.15) is 5.52 Å². The highest BCUT2D eigenvalue weighted by Gasteiger charge is 2.49. The molecule has 2 atom stereocenters. The van der Waals surface area contributed by atoms with Crippen molar-refractivity contribution < 1.29 is 32.9 Å². The number of methoxy groups -OCH3 is 3. The second kappa shape index (κ2) is 9.36. The average Bonchev–Trinajstić information content (AvgIpc) is 3.61. The Balaban J connectivity index is 1.92. The average molecular weight is 528 g/mol. The first kappa shape index (κ1) is 26.1. The summed E-state index contributed by atoms with van der Waals surface area (Å²) in [6.07, 6.45) is 2.51. The number of carboxylic acid groups (broad SMARTS) is 1. The van der Waals surface area contributed by atoms with Crippen molar-refractivity contribution in [2.45, 2.75) is 50.0 Å². The number of H-pyrrole nitrogens is 1. The fourth-order valence-electron chi connectivity index (χ4n) is 6.10. The lowest BCUT2D eigenvalue weighted by molar-refractivity contribution is -0.161. The molecule has 1 unspecified atom stereocenters. The van der Waals surface area contributed by atoms with Gasteiger partial charge in [-0.15, -0.1) is 0 Å². The maximum absolute atomic E-state index is 16.4. The van der Waals surface area contributed by atoms with Crippen LogP contribution in [-0.4, -0.2) is 59.4 Å². The van der Waals surface area contributed by atoms with E-state index in [4.69, 9.17) is 14.2 Å². The number of aromatic nitrogens is 3. The SMILES string of the molecule is COCC(C)(C)c1c(C2CC[C@@](OC)(C(=O)O)C2)c2c(F)c3[nH]ncc3cc2n1-c1ccc(F)c(OC)c1. The summed E-state index contributed by atoms with van der Waals surface area (Å²) in [6.45, 7) is 4.29. The number of benzene rings is 2. The fraction of sp³-hybridized carbons (Fsp3) is 0.429. The van der Waals surface area contributed by atoms with Gasteiger partial charge in [0.2, 0.25) is 0 Å². The van der Waals surface area contributed by atoms with Crippen LogP contribution in [-0.2, 0) is 19.7 Å². The number of rotatable bonds is 8. The first-order valence-corrected chi connectivity index (χ1v) is 12.4. The summed E-state index contributed by atoms with van der Waals surface area (Å²) in [6, 6.07) is 6.36. The molecule has 2 N–H and O–H groups in total. The lowest BCUT2D eigenvalue weighted by atomic mass is 9.81. The summed E-state index contributed by atoms with van der Waals surface area (Å²) in [4.78, 5) is 12.2. The molecule has 1 saturated carbocycles. The van der Waals surface area contributed by atoms with Crippen molar-refractivity contribution in [3.8, 4) is 11.4 Å². The van der Waals surface area contributed by atoms with Crippen LogP contribution < -0.4 is 4.74 Å². The zero-order valence-corrected chi connectivity index (χ0v) is 22.0. The molecule has 4 aromatic rings. The minimum Gasteiger partial charge on any atom is -0.494 e. The highest BCUT2D eigenvalue weighted by atomic mass is 19.1. The van der Waals surface area contributed by atoms with E-state index in [9.17, 15) is 14.3 Å². The molecule has 2 aromatic carbocycles. The molecule has 8 nitrogen and oxygen atoms in total. The molecule has 0 saturated heterocycles. The Kier molecular flexibility index (Phi) is 6.43. The van der Waals surface area contributed by atoms with Crippen molar-refractivity contribution in [3.05, 3.63) is 53.4 Å². The van der Waals surface area contributed by atoms with Crippen LogP contribution >= 0.6 is 0 Å². The number of ether oxygens (including phenoxy) is 3. The number of aromatic amines is 1. The third-order valence-corrected chi connectivity index (χ3v) is 7.85. The summed E-state index contributed by atoms with van der Waals surface area (Å²) in [5.41, 5.74) is 0.835. The van der Waals surface area contributed by atoms with Gasteiger partial charge in [0.15, 0.2) is 23.0 Å². The van der Waals surface area contributed by atoms with E-state index in [1.54, 1.807) is 25.4 Å². The van der Waals surface area contributed by atoms with Crippen LogP contribution in [0.2, 0.25) is 0 Å². The van der Waals surface area contributed by atoms with Gasteiger partial charge in [0.25, 0.3) is 0 Å². The quantitative estimate of drug-likeness (QED) is 0.316. The molecule has 1 fully saturated rings. The van der Waals surface area contributed by atoms with E-state index in [0.717, 1.165) is 5.69 Å². The summed E-state index contributed by atoms with van der Waals surface area (Å²) >= 11 is 0. The monoisotopic (exact) mass is 527 g/mol. The van der Waals surface area contributed by atoms with Gasteiger partial charge in [-0.1, -0.05) is 13.8 Å². The fourth-order valence-corrected chi connectivity index (χ4v) is 6.10. The zero-order chi connectivity index (χ0) is 27.4. The van der Waals surface area contributed by atoms with Gasteiger partial charge >= 0.3 is 5.97 Å². The Morgan fingerprint density at radius 1 is 1.26 bits per heavy atom. The predicted octanol–water partition coefficient (Wildman–Crippen LogP) is 5.45. The van der Waals surface area contributed by atoms with E-state index in [1.165, 1.54) is 20.3 Å². The molecule has 0 spiro atoms. The zero-order valence-electron chi connectivity index (χ0n) is 22.0. The van der Waals surface area contributed by atoms with Gasteiger partial charge in [0.05, 0.1) is 25.4 Å².